The molecular formula is C19H19N7O. The molecule has 136 valence electrons. The van der Waals surface area contributed by atoms with Gasteiger partial charge in [0.05, 0.1) is 23.4 Å². The number of rotatable bonds is 5. The molecule has 0 amide bonds. The number of hydrogen-bond donors (Lipinski definition) is 3. The first-order valence-electron chi connectivity index (χ1n) is 8.38. The summed E-state index contributed by atoms with van der Waals surface area (Å²) in [6.45, 7) is 0.637. The van der Waals surface area contributed by atoms with E-state index in [9.17, 15) is 0 Å². The number of imidazole rings is 1. The highest BCUT2D eigenvalue weighted by atomic mass is 16.5. The van der Waals surface area contributed by atoms with Gasteiger partial charge in [0.25, 0.3) is 0 Å². The van der Waals surface area contributed by atoms with Crippen LogP contribution in [0.15, 0.2) is 54.9 Å². The standard InChI is InChI=1S/C19H19N7O/c1-26-17-8-13(20)4-7-16(17)25-19(26)24-9-12-2-5-14(6-3-12)27-15-10-22-18(21)23-11-15/h2-8,10-11H,9,20H2,1H3,(H,24,25)(H2,21,22,23). The van der Waals surface area contributed by atoms with Crippen molar-refractivity contribution in [3.63, 3.8) is 0 Å². The second-order valence-electron chi connectivity index (χ2n) is 6.12. The van der Waals surface area contributed by atoms with E-state index >= 15 is 0 Å². The fourth-order valence-electron chi connectivity index (χ4n) is 2.74. The lowest BCUT2D eigenvalue weighted by molar-refractivity contribution is 0.477. The average Bonchev–Trinajstić information content (AvgIpc) is 2.98. The van der Waals surface area contributed by atoms with E-state index in [0.717, 1.165) is 28.2 Å². The number of nitrogens with two attached hydrogens (primary N) is 2. The van der Waals surface area contributed by atoms with Gasteiger partial charge >= 0.3 is 0 Å². The second kappa shape index (κ2) is 6.83. The summed E-state index contributed by atoms with van der Waals surface area (Å²) in [6.07, 6.45) is 3.08. The zero-order valence-electron chi connectivity index (χ0n) is 14.8. The fraction of sp³-hybridized carbons (Fsp3) is 0.105. The van der Waals surface area contributed by atoms with Gasteiger partial charge in [-0.15, -0.1) is 0 Å². The minimum atomic E-state index is 0.216. The highest BCUT2D eigenvalue weighted by Crippen LogP contribution is 2.23. The fourth-order valence-corrected chi connectivity index (χ4v) is 2.74. The molecule has 4 aromatic rings. The molecule has 0 saturated heterocycles. The monoisotopic (exact) mass is 361 g/mol. The van der Waals surface area contributed by atoms with Crippen molar-refractivity contribution in [2.75, 3.05) is 16.8 Å². The molecule has 27 heavy (non-hydrogen) atoms. The van der Waals surface area contributed by atoms with E-state index in [1.807, 2.05) is 54.1 Å². The highest BCUT2D eigenvalue weighted by Gasteiger charge is 2.08. The van der Waals surface area contributed by atoms with Crippen LogP contribution in [0.1, 0.15) is 5.56 Å². The van der Waals surface area contributed by atoms with Gasteiger partial charge in [-0.05, 0) is 35.9 Å². The van der Waals surface area contributed by atoms with E-state index in [2.05, 4.69) is 20.3 Å². The van der Waals surface area contributed by atoms with Gasteiger partial charge in [0.1, 0.15) is 5.75 Å². The first kappa shape index (κ1) is 16.6. The minimum Gasteiger partial charge on any atom is -0.454 e. The van der Waals surface area contributed by atoms with Crippen molar-refractivity contribution in [2.45, 2.75) is 6.54 Å². The van der Waals surface area contributed by atoms with Crippen LogP contribution in [0.2, 0.25) is 0 Å². The molecule has 8 heteroatoms. The summed E-state index contributed by atoms with van der Waals surface area (Å²) < 4.78 is 7.68. The normalized spacial score (nSPS) is 10.9. The Bertz CT molecular complexity index is 1070. The smallest absolute Gasteiger partial charge is 0.220 e. The molecule has 8 nitrogen and oxygen atoms in total. The number of ether oxygens (including phenoxy) is 1. The van der Waals surface area contributed by atoms with Crippen molar-refractivity contribution in [2.24, 2.45) is 7.05 Å². The number of fused-ring (bicyclic) bond motifs is 1. The summed E-state index contributed by atoms with van der Waals surface area (Å²) >= 11 is 0. The van der Waals surface area contributed by atoms with Gasteiger partial charge in [-0.25, -0.2) is 15.0 Å². The summed E-state index contributed by atoms with van der Waals surface area (Å²) in [5, 5.41) is 3.35. The lowest BCUT2D eigenvalue weighted by atomic mass is 10.2. The maximum Gasteiger partial charge on any atom is 0.220 e. The Morgan fingerprint density at radius 2 is 1.74 bits per heavy atom. The van der Waals surface area contributed by atoms with Gasteiger partial charge in [0.2, 0.25) is 11.9 Å². The number of hydrogen-bond acceptors (Lipinski definition) is 7. The third-order valence-corrected chi connectivity index (χ3v) is 4.16. The molecule has 0 aliphatic heterocycles. The van der Waals surface area contributed by atoms with Crippen molar-refractivity contribution in [1.29, 1.82) is 0 Å². The molecular weight excluding hydrogens is 342 g/mol. The van der Waals surface area contributed by atoms with Crippen molar-refractivity contribution < 1.29 is 4.74 Å². The molecule has 0 atom stereocenters. The van der Waals surface area contributed by atoms with Crippen LogP contribution in [-0.4, -0.2) is 19.5 Å². The predicted molar refractivity (Wildman–Crippen MR) is 105 cm³/mol. The summed E-state index contributed by atoms with van der Waals surface area (Å²) in [6, 6.07) is 13.4. The Balaban J connectivity index is 1.43. The number of nitrogens with one attached hydrogen (secondary N) is 1. The van der Waals surface area contributed by atoms with E-state index < -0.39 is 0 Å². The van der Waals surface area contributed by atoms with Gasteiger partial charge in [0.15, 0.2) is 5.75 Å². The van der Waals surface area contributed by atoms with Crippen LogP contribution >= 0.6 is 0 Å². The molecule has 0 spiro atoms. The van der Waals surface area contributed by atoms with Gasteiger partial charge < -0.3 is 26.1 Å². The summed E-state index contributed by atoms with van der Waals surface area (Å²) in [5.74, 6) is 2.24. The molecule has 2 aromatic carbocycles. The average molecular weight is 361 g/mol. The van der Waals surface area contributed by atoms with Crippen LogP contribution in [0.4, 0.5) is 17.6 Å². The lowest BCUT2D eigenvalue weighted by Crippen LogP contribution is -2.04. The van der Waals surface area contributed by atoms with Crippen LogP contribution in [0.3, 0.4) is 0 Å². The van der Waals surface area contributed by atoms with Gasteiger partial charge in [-0.3, -0.25) is 0 Å². The Hall–Kier alpha value is -3.81. The molecule has 4 rings (SSSR count). The Labute approximate surface area is 155 Å². The lowest BCUT2D eigenvalue weighted by Gasteiger charge is -2.08. The number of nitrogens with zero attached hydrogens (tertiary/aromatic N) is 4. The molecule has 0 fully saturated rings. The zero-order valence-corrected chi connectivity index (χ0v) is 14.8. The van der Waals surface area contributed by atoms with E-state index in [1.54, 1.807) is 0 Å². The van der Waals surface area contributed by atoms with Gasteiger partial charge in [-0.2, -0.15) is 0 Å². The quantitative estimate of drug-likeness (QED) is 0.468. The molecule has 0 unspecified atom stereocenters. The molecule has 0 radical (unpaired) electrons. The van der Waals surface area contributed by atoms with Crippen LogP contribution in [0, 0.1) is 0 Å². The van der Waals surface area contributed by atoms with Crippen molar-refractivity contribution in [3.05, 3.63) is 60.4 Å². The van der Waals surface area contributed by atoms with Gasteiger partial charge in [0, 0.05) is 19.3 Å². The van der Waals surface area contributed by atoms with Crippen LogP contribution in [0.5, 0.6) is 11.5 Å². The number of nitrogen functional groups attached to an aromatic ring is 2. The maximum absolute atomic E-state index is 5.86. The van der Waals surface area contributed by atoms with Crippen molar-refractivity contribution in [3.8, 4) is 11.5 Å². The van der Waals surface area contributed by atoms with Crippen LogP contribution in [-0.2, 0) is 13.6 Å². The Morgan fingerprint density at radius 1 is 1.00 bits per heavy atom. The van der Waals surface area contributed by atoms with E-state index in [-0.39, 0.29) is 5.95 Å². The van der Waals surface area contributed by atoms with Gasteiger partial charge in [-0.1, -0.05) is 12.1 Å². The zero-order chi connectivity index (χ0) is 18.8. The first-order valence-corrected chi connectivity index (χ1v) is 8.38. The summed E-state index contributed by atoms with van der Waals surface area (Å²) in [4.78, 5) is 12.4. The third-order valence-electron chi connectivity index (χ3n) is 4.16. The minimum absolute atomic E-state index is 0.216. The molecule has 0 bridgehead atoms. The topological polar surface area (TPSA) is 117 Å². The molecule has 2 aromatic heterocycles. The molecule has 5 N–H and O–H groups in total. The van der Waals surface area contributed by atoms with Crippen LogP contribution in [0.25, 0.3) is 11.0 Å². The predicted octanol–water partition coefficient (Wildman–Crippen LogP) is 2.93. The van der Waals surface area contributed by atoms with E-state index in [0.29, 0.717) is 18.0 Å². The Morgan fingerprint density at radius 3 is 2.48 bits per heavy atom. The first-order chi connectivity index (χ1) is 13.1. The third kappa shape index (κ3) is 3.59. The van der Waals surface area contributed by atoms with E-state index in [1.165, 1.54) is 12.4 Å². The Kier molecular flexibility index (Phi) is 4.21. The maximum atomic E-state index is 5.86. The van der Waals surface area contributed by atoms with Crippen molar-refractivity contribution in [1.82, 2.24) is 19.5 Å². The molecule has 2 heterocycles. The SMILES string of the molecule is Cn1c(NCc2ccc(Oc3cnc(N)nc3)cc2)nc2ccc(N)cc21. The summed E-state index contributed by atoms with van der Waals surface area (Å²) in [5.41, 5.74) is 15.0. The molecule has 0 saturated carbocycles. The number of aryl methyl sites for hydroxylation is 1. The number of aromatic nitrogens is 4. The summed E-state index contributed by atoms with van der Waals surface area (Å²) in [7, 11) is 1.96. The largest absolute Gasteiger partial charge is 0.454 e. The number of anilines is 3. The van der Waals surface area contributed by atoms with Crippen LogP contribution < -0.4 is 21.5 Å². The van der Waals surface area contributed by atoms with Crippen molar-refractivity contribution >= 4 is 28.6 Å². The second-order valence-corrected chi connectivity index (χ2v) is 6.12. The van der Waals surface area contributed by atoms with E-state index in [4.69, 9.17) is 16.2 Å². The highest BCUT2D eigenvalue weighted by molar-refractivity contribution is 5.81. The molecule has 0 aliphatic carbocycles. The number of benzene rings is 2. The molecule has 0 aliphatic rings.